The van der Waals surface area contributed by atoms with Gasteiger partial charge in [0, 0.05) is 10.0 Å². The number of nitrogens with zero attached hydrogens (tertiary/aromatic N) is 2. The maximum Gasteiger partial charge on any atom is 0.155 e. The van der Waals surface area contributed by atoms with Crippen LogP contribution < -0.4 is 0 Å². The Morgan fingerprint density at radius 2 is 1.89 bits per heavy atom. The van der Waals surface area contributed by atoms with Crippen molar-refractivity contribution in [1.82, 2.24) is 10.2 Å². The molecule has 0 saturated heterocycles. The Morgan fingerprint density at radius 1 is 1.11 bits per heavy atom. The second-order valence-corrected chi connectivity index (χ2v) is 4.91. The van der Waals surface area contributed by atoms with Gasteiger partial charge in [-0.05, 0) is 41.3 Å². The maximum atomic E-state index is 4.00. The Hall–Kier alpha value is -1.94. The Morgan fingerprint density at radius 3 is 2.72 bits per heavy atom. The van der Waals surface area contributed by atoms with E-state index in [4.69, 9.17) is 0 Å². The fourth-order valence-corrected chi connectivity index (χ4v) is 2.37. The standard InChI is InChI=1S/C14H10BrN3/c1-16-14-13(8-17-18-14)11-3-2-10-7-12(15)5-4-9(10)6-11/h2-8H,1H2,(H,17,18). The molecule has 0 radical (unpaired) electrons. The molecule has 88 valence electrons. The average molecular weight is 300 g/mol. The number of hydrogen-bond acceptors (Lipinski definition) is 2. The number of rotatable bonds is 2. The van der Waals surface area contributed by atoms with Gasteiger partial charge in [0.1, 0.15) is 0 Å². The summed E-state index contributed by atoms with van der Waals surface area (Å²) in [6.45, 7) is 3.54. The number of hydrogen-bond donors (Lipinski definition) is 1. The van der Waals surface area contributed by atoms with E-state index in [0.29, 0.717) is 5.82 Å². The van der Waals surface area contributed by atoms with E-state index in [1.165, 1.54) is 10.8 Å². The van der Waals surface area contributed by atoms with Crippen molar-refractivity contribution in [3.05, 3.63) is 47.1 Å². The largest absolute Gasteiger partial charge is 0.261 e. The van der Waals surface area contributed by atoms with Crippen molar-refractivity contribution in [3.63, 3.8) is 0 Å². The highest BCUT2D eigenvalue weighted by Gasteiger charge is 2.06. The minimum Gasteiger partial charge on any atom is -0.261 e. The molecule has 3 nitrogen and oxygen atoms in total. The monoisotopic (exact) mass is 299 g/mol. The van der Waals surface area contributed by atoms with E-state index < -0.39 is 0 Å². The predicted molar refractivity (Wildman–Crippen MR) is 78.4 cm³/mol. The molecule has 1 aromatic heterocycles. The molecule has 3 rings (SSSR count). The van der Waals surface area contributed by atoms with Gasteiger partial charge in [0.2, 0.25) is 0 Å². The molecule has 1 N–H and O–H groups in total. The molecule has 3 aromatic rings. The third-order valence-corrected chi connectivity index (χ3v) is 3.38. The molecule has 0 unspecified atom stereocenters. The summed E-state index contributed by atoms with van der Waals surface area (Å²) in [5.41, 5.74) is 2.05. The quantitative estimate of drug-likeness (QED) is 0.703. The molecule has 0 aliphatic carbocycles. The van der Waals surface area contributed by atoms with Gasteiger partial charge in [-0.3, -0.25) is 5.10 Å². The molecule has 0 saturated carbocycles. The first kappa shape index (κ1) is 11.2. The summed E-state index contributed by atoms with van der Waals surface area (Å²) < 4.78 is 1.08. The fraction of sp³-hybridized carbons (Fsp3) is 0. The minimum absolute atomic E-state index is 0.700. The molecule has 0 aliphatic rings. The second kappa shape index (κ2) is 4.38. The molecule has 0 fully saturated rings. The van der Waals surface area contributed by atoms with E-state index in [1.54, 1.807) is 6.20 Å². The number of aliphatic imine (C=N–C) groups is 1. The first-order valence-electron chi connectivity index (χ1n) is 5.48. The molecular formula is C14H10BrN3. The van der Waals surface area contributed by atoms with Crippen molar-refractivity contribution in [1.29, 1.82) is 0 Å². The molecule has 0 bridgehead atoms. The van der Waals surface area contributed by atoms with Crippen molar-refractivity contribution in [2.45, 2.75) is 0 Å². The molecule has 0 spiro atoms. The van der Waals surface area contributed by atoms with Crippen LogP contribution in [0.4, 0.5) is 5.82 Å². The number of halogens is 1. The van der Waals surface area contributed by atoms with Crippen LogP contribution in [0.1, 0.15) is 0 Å². The Balaban J connectivity index is 2.19. The zero-order chi connectivity index (χ0) is 12.5. The molecule has 0 aliphatic heterocycles. The van der Waals surface area contributed by atoms with Crippen molar-refractivity contribution >= 4 is 39.2 Å². The van der Waals surface area contributed by atoms with Crippen LogP contribution in [0.25, 0.3) is 21.9 Å². The smallest absolute Gasteiger partial charge is 0.155 e. The lowest BCUT2D eigenvalue weighted by atomic mass is 10.0. The van der Waals surface area contributed by atoms with E-state index in [9.17, 15) is 0 Å². The third-order valence-electron chi connectivity index (χ3n) is 2.89. The van der Waals surface area contributed by atoms with E-state index in [1.807, 2.05) is 6.07 Å². The van der Waals surface area contributed by atoms with Gasteiger partial charge in [0.05, 0.1) is 6.20 Å². The number of H-pyrrole nitrogens is 1. The van der Waals surface area contributed by atoms with E-state index in [0.717, 1.165) is 15.6 Å². The van der Waals surface area contributed by atoms with E-state index in [-0.39, 0.29) is 0 Å². The number of benzene rings is 2. The van der Waals surface area contributed by atoms with Crippen LogP contribution in [0.3, 0.4) is 0 Å². The van der Waals surface area contributed by atoms with Crippen LogP contribution in [0.5, 0.6) is 0 Å². The van der Waals surface area contributed by atoms with Gasteiger partial charge in [0.15, 0.2) is 5.82 Å². The van der Waals surface area contributed by atoms with Gasteiger partial charge in [-0.25, -0.2) is 4.99 Å². The lowest BCUT2D eigenvalue weighted by Crippen LogP contribution is -1.78. The second-order valence-electron chi connectivity index (χ2n) is 4.00. The highest BCUT2D eigenvalue weighted by molar-refractivity contribution is 9.10. The SMILES string of the molecule is C=Nc1[nH]ncc1-c1ccc2cc(Br)ccc2c1. The van der Waals surface area contributed by atoms with E-state index >= 15 is 0 Å². The van der Waals surface area contributed by atoms with Crippen molar-refractivity contribution in [2.75, 3.05) is 0 Å². The first-order valence-corrected chi connectivity index (χ1v) is 6.27. The molecule has 0 amide bonds. The molecule has 2 aromatic carbocycles. The van der Waals surface area contributed by atoms with Crippen molar-refractivity contribution in [2.24, 2.45) is 4.99 Å². The molecule has 4 heteroatoms. The molecular weight excluding hydrogens is 290 g/mol. The summed E-state index contributed by atoms with van der Waals surface area (Å²) in [4.78, 5) is 3.93. The molecule has 1 heterocycles. The van der Waals surface area contributed by atoms with Gasteiger partial charge < -0.3 is 0 Å². The van der Waals surface area contributed by atoms with Gasteiger partial charge >= 0.3 is 0 Å². The van der Waals surface area contributed by atoms with Crippen LogP contribution in [-0.4, -0.2) is 16.9 Å². The first-order chi connectivity index (χ1) is 8.78. The van der Waals surface area contributed by atoms with Crippen molar-refractivity contribution < 1.29 is 0 Å². The Bertz CT molecular complexity index is 731. The molecule has 0 atom stereocenters. The normalized spacial score (nSPS) is 10.7. The van der Waals surface area contributed by atoms with E-state index in [2.05, 4.69) is 68.2 Å². The minimum atomic E-state index is 0.700. The van der Waals surface area contributed by atoms with Gasteiger partial charge in [-0.2, -0.15) is 5.10 Å². The zero-order valence-electron chi connectivity index (χ0n) is 9.52. The number of fused-ring (bicyclic) bond motifs is 1. The molecule has 18 heavy (non-hydrogen) atoms. The number of aromatic amines is 1. The zero-order valence-corrected chi connectivity index (χ0v) is 11.1. The van der Waals surface area contributed by atoms with Gasteiger partial charge in [-0.15, -0.1) is 0 Å². The topological polar surface area (TPSA) is 41.0 Å². The highest BCUT2D eigenvalue weighted by atomic mass is 79.9. The van der Waals surface area contributed by atoms with Crippen LogP contribution in [-0.2, 0) is 0 Å². The van der Waals surface area contributed by atoms with Crippen LogP contribution >= 0.6 is 15.9 Å². The number of nitrogens with one attached hydrogen (secondary N) is 1. The number of aromatic nitrogens is 2. The van der Waals surface area contributed by atoms with Gasteiger partial charge in [0.25, 0.3) is 0 Å². The maximum absolute atomic E-state index is 4.00. The van der Waals surface area contributed by atoms with Crippen LogP contribution in [0.15, 0.2) is 52.1 Å². The summed E-state index contributed by atoms with van der Waals surface area (Å²) in [6.07, 6.45) is 1.77. The van der Waals surface area contributed by atoms with Crippen molar-refractivity contribution in [3.8, 4) is 11.1 Å². The Labute approximate surface area is 113 Å². The Kier molecular flexibility index (Phi) is 2.72. The van der Waals surface area contributed by atoms with Crippen LogP contribution in [0.2, 0.25) is 0 Å². The summed E-state index contributed by atoms with van der Waals surface area (Å²) in [5.74, 6) is 0.700. The summed E-state index contributed by atoms with van der Waals surface area (Å²) >= 11 is 3.47. The highest BCUT2D eigenvalue weighted by Crippen LogP contribution is 2.30. The lowest BCUT2D eigenvalue weighted by molar-refractivity contribution is 1.08. The summed E-state index contributed by atoms with van der Waals surface area (Å²) in [6, 6.07) is 12.5. The summed E-state index contributed by atoms with van der Waals surface area (Å²) in [5, 5.41) is 9.21. The lowest BCUT2D eigenvalue weighted by Gasteiger charge is -2.03. The average Bonchev–Trinajstić information content (AvgIpc) is 2.86. The van der Waals surface area contributed by atoms with Gasteiger partial charge in [-0.1, -0.05) is 34.1 Å². The predicted octanol–water partition coefficient (Wildman–Crippen LogP) is 4.32. The van der Waals surface area contributed by atoms with Crippen LogP contribution in [0, 0.1) is 0 Å². The summed E-state index contributed by atoms with van der Waals surface area (Å²) in [7, 11) is 0. The third kappa shape index (κ3) is 1.84. The fourth-order valence-electron chi connectivity index (χ4n) is 2.00.